The minimum Gasteiger partial charge on any atom is -0.381 e. The van der Waals surface area contributed by atoms with E-state index in [0.717, 1.165) is 81.6 Å². The number of fused-ring (bicyclic) bond motifs is 1. The van der Waals surface area contributed by atoms with Gasteiger partial charge in [0.2, 0.25) is 0 Å². The quantitative estimate of drug-likeness (QED) is 0.137. The molecule has 4 rings (SSSR count). The van der Waals surface area contributed by atoms with Gasteiger partial charge in [-0.25, -0.2) is 8.78 Å². The molecule has 0 radical (unpaired) electrons. The van der Waals surface area contributed by atoms with E-state index in [9.17, 15) is 0 Å². The zero-order valence-corrected chi connectivity index (χ0v) is 26.0. The van der Waals surface area contributed by atoms with Gasteiger partial charge < -0.3 is 4.74 Å². The Morgan fingerprint density at radius 1 is 0.683 bits per heavy atom. The minimum absolute atomic E-state index is 0.423. The monoisotopic (exact) mass is 566 g/mol. The second kappa shape index (κ2) is 18.0. The van der Waals surface area contributed by atoms with Gasteiger partial charge in [0, 0.05) is 18.8 Å². The largest absolute Gasteiger partial charge is 0.381 e. The molecular formula is C38H56F2O. The number of hydrogen-bond donors (Lipinski definition) is 0. The van der Waals surface area contributed by atoms with Gasteiger partial charge in [0.1, 0.15) is 0 Å². The predicted molar refractivity (Wildman–Crippen MR) is 169 cm³/mol. The van der Waals surface area contributed by atoms with E-state index >= 15 is 8.78 Å². The van der Waals surface area contributed by atoms with Crippen LogP contribution in [0, 0.1) is 23.5 Å². The fourth-order valence-electron chi connectivity index (χ4n) is 6.64. The van der Waals surface area contributed by atoms with E-state index in [1.165, 1.54) is 82.6 Å². The Bertz CT molecular complexity index is 1010. The highest BCUT2D eigenvalue weighted by atomic mass is 19.2. The lowest BCUT2D eigenvalue weighted by molar-refractivity contribution is 0.125. The summed E-state index contributed by atoms with van der Waals surface area (Å²) in [4.78, 5) is 0. The molecule has 2 aliphatic carbocycles. The maximum atomic E-state index is 15.3. The Kier molecular flexibility index (Phi) is 14.2. The van der Waals surface area contributed by atoms with Crippen molar-refractivity contribution in [2.75, 3.05) is 13.2 Å². The first-order chi connectivity index (χ1) is 20.2. The van der Waals surface area contributed by atoms with E-state index in [1.54, 1.807) is 0 Å². The summed E-state index contributed by atoms with van der Waals surface area (Å²) in [5, 5.41) is 0. The van der Waals surface area contributed by atoms with Crippen molar-refractivity contribution in [3.63, 3.8) is 0 Å². The van der Waals surface area contributed by atoms with Gasteiger partial charge in [-0.1, -0.05) is 121 Å². The van der Waals surface area contributed by atoms with Gasteiger partial charge in [0.05, 0.1) is 0 Å². The average Bonchev–Trinajstić information content (AvgIpc) is 3.82. The molecule has 3 heteroatoms. The molecule has 0 saturated heterocycles. The molecular weight excluding hydrogens is 510 g/mol. The maximum Gasteiger partial charge on any atom is 0.166 e. The Morgan fingerprint density at radius 2 is 1.32 bits per heavy atom. The summed E-state index contributed by atoms with van der Waals surface area (Å²) < 4.78 is 36.3. The molecule has 1 fully saturated rings. The van der Waals surface area contributed by atoms with Crippen molar-refractivity contribution in [3.8, 4) is 11.1 Å². The fourth-order valence-corrected chi connectivity index (χ4v) is 6.64. The predicted octanol–water partition coefficient (Wildman–Crippen LogP) is 11.6. The van der Waals surface area contributed by atoms with Crippen LogP contribution in [0.4, 0.5) is 8.78 Å². The van der Waals surface area contributed by atoms with E-state index in [4.69, 9.17) is 4.74 Å². The molecule has 1 saturated carbocycles. The van der Waals surface area contributed by atoms with Gasteiger partial charge in [0.25, 0.3) is 0 Å². The lowest BCUT2D eigenvalue weighted by atomic mass is 9.80. The van der Waals surface area contributed by atoms with Crippen LogP contribution >= 0.6 is 0 Å². The van der Waals surface area contributed by atoms with Crippen LogP contribution in [-0.4, -0.2) is 13.2 Å². The standard InChI is InChI=1S/C38H56F2O/c1-2-3-13-26-41-27-14-9-12-17-32-22-25-34-29-36(38(40)37(39)35(34)28-32)33-23-20-31(21-24-33)16-11-8-6-4-5-7-10-15-30-18-19-30/h20-21,23-24,29-30,32H,2-19,22,25-28H2,1H3. The number of aryl methyl sites for hydroxylation is 2. The molecule has 2 aliphatic rings. The highest BCUT2D eigenvalue weighted by Gasteiger charge is 2.26. The van der Waals surface area contributed by atoms with E-state index in [-0.39, 0.29) is 0 Å². The second-order valence-electron chi connectivity index (χ2n) is 13.1. The number of unbranched alkanes of at least 4 members (excludes halogenated alkanes) is 10. The Hall–Kier alpha value is -1.74. The number of hydrogen-bond acceptors (Lipinski definition) is 1. The van der Waals surface area contributed by atoms with Crippen LogP contribution in [0.5, 0.6) is 0 Å². The Balaban J connectivity index is 1.16. The summed E-state index contributed by atoms with van der Waals surface area (Å²) in [6.07, 6.45) is 25.6. The first-order valence-electron chi connectivity index (χ1n) is 17.3. The van der Waals surface area contributed by atoms with Gasteiger partial charge in [-0.05, 0) is 85.1 Å². The van der Waals surface area contributed by atoms with Crippen LogP contribution in [0.25, 0.3) is 11.1 Å². The van der Waals surface area contributed by atoms with Gasteiger partial charge in [0.15, 0.2) is 11.6 Å². The van der Waals surface area contributed by atoms with Crippen LogP contribution in [0.1, 0.15) is 139 Å². The summed E-state index contributed by atoms with van der Waals surface area (Å²) in [6, 6.07) is 10.1. The summed E-state index contributed by atoms with van der Waals surface area (Å²) >= 11 is 0. The third-order valence-corrected chi connectivity index (χ3v) is 9.55. The van der Waals surface area contributed by atoms with Crippen LogP contribution in [-0.2, 0) is 24.0 Å². The topological polar surface area (TPSA) is 9.23 Å². The molecule has 0 N–H and O–H groups in total. The third-order valence-electron chi connectivity index (χ3n) is 9.55. The lowest BCUT2D eigenvalue weighted by Gasteiger charge is -2.26. The van der Waals surface area contributed by atoms with Crippen molar-refractivity contribution in [2.45, 2.75) is 142 Å². The molecule has 2 aromatic carbocycles. The first-order valence-corrected chi connectivity index (χ1v) is 17.3. The van der Waals surface area contributed by atoms with Crippen LogP contribution in [0.3, 0.4) is 0 Å². The van der Waals surface area contributed by atoms with E-state index in [2.05, 4.69) is 19.1 Å². The van der Waals surface area contributed by atoms with Gasteiger partial charge in [-0.3, -0.25) is 0 Å². The molecule has 0 amide bonds. The number of halogens is 2. The summed E-state index contributed by atoms with van der Waals surface area (Å²) in [6.45, 7) is 3.94. The summed E-state index contributed by atoms with van der Waals surface area (Å²) in [5.74, 6) is 0.251. The van der Waals surface area contributed by atoms with Gasteiger partial charge >= 0.3 is 0 Å². The molecule has 41 heavy (non-hydrogen) atoms. The molecule has 2 aromatic rings. The maximum absolute atomic E-state index is 15.3. The lowest BCUT2D eigenvalue weighted by Crippen LogP contribution is -2.17. The molecule has 0 spiro atoms. The molecule has 0 aromatic heterocycles. The highest BCUT2D eigenvalue weighted by Crippen LogP contribution is 2.36. The van der Waals surface area contributed by atoms with Crippen LogP contribution in [0.15, 0.2) is 30.3 Å². The minimum atomic E-state index is -0.672. The zero-order chi connectivity index (χ0) is 28.7. The SMILES string of the molecule is CCCCCOCCCCCC1CCc2cc(-c3ccc(CCCCCCCCCC4CC4)cc3)c(F)c(F)c2C1. The number of benzene rings is 2. The molecule has 1 nitrogen and oxygen atoms in total. The Morgan fingerprint density at radius 3 is 2.02 bits per heavy atom. The highest BCUT2D eigenvalue weighted by molar-refractivity contribution is 5.66. The van der Waals surface area contributed by atoms with Crippen molar-refractivity contribution in [1.82, 2.24) is 0 Å². The number of ether oxygens (including phenoxy) is 1. The molecule has 228 valence electrons. The fraction of sp³-hybridized carbons (Fsp3) is 0.684. The average molecular weight is 567 g/mol. The second-order valence-corrected chi connectivity index (χ2v) is 13.1. The molecule has 1 atom stereocenters. The van der Waals surface area contributed by atoms with Crippen LogP contribution < -0.4 is 0 Å². The Labute approximate surface area is 249 Å². The van der Waals surface area contributed by atoms with Crippen molar-refractivity contribution in [2.24, 2.45) is 11.8 Å². The third kappa shape index (κ3) is 11.1. The molecule has 1 unspecified atom stereocenters. The molecule has 0 aliphatic heterocycles. The van der Waals surface area contributed by atoms with Gasteiger partial charge in [-0.2, -0.15) is 0 Å². The van der Waals surface area contributed by atoms with E-state index < -0.39 is 11.6 Å². The first kappa shape index (κ1) is 32.2. The van der Waals surface area contributed by atoms with Crippen LogP contribution in [0.2, 0.25) is 0 Å². The van der Waals surface area contributed by atoms with E-state index in [1.807, 2.05) is 18.2 Å². The van der Waals surface area contributed by atoms with E-state index in [0.29, 0.717) is 23.5 Å². The van der Waals surface area contributed by atoms with Gasteiger partial charge in [-0.15, -0.1) is 0 Å². The normalized spacial score (nSPS) is 16.7. The van der Waals surface area contributed by atoms with Crippen molar-refractivity contribution in [3.05, 3.63) is 58.7 Å². The summed E-state index contributed by atoms with van der Waals surface area (Å²) in [7, 11) is 0. The molecule has 0 heterocycles. The zero-order valence-electron chi connectivity index (χ0n) is 26.0. The summed E-state index contributed by atoms with van der Waals surface area (Å²) in [5.41, 5.74) is 4.14. The van der Waals surface area contributed by atoms with Crippen molar-refractivity contribution in [1.29, 1.82) is 0 Å². The van der Waals surface area contributed by atoms with Crippen molar-refractivity contribution < 1.29 is 13.5 Å². The van der Waals surface area contributed by atoms with Crippen molar-refractivity contribution >= 4 is 0 Å². The number of rotatable bonds is 21. The smallest absolute Gasteiger partial charge is 0.166 e. The molecule has 0 bridgehead atoms.